The van der Waals surface area contributed by atoms with Crippen molar-refractivity contribution in [2.24, 2.45) is 5.84 Å². The summed E-state index contributed by atoms with van der Waals surface area (Å²) in [5.74, 6) is 3.48. The van der Waals surface area contributed by atoms with Gasteiger partial charge in [0.05, 0.1) is 11.3 Å². The summed E-state index contributed by atoms with van der Waals surface area (Å²) in [5, 5.41) is -1.46. The second kappa shape index (κ2) is 10.5. The van der Waals surface area contributed by atoms with Gasteiger partial charge in [0.2, 0.25) is 0 Å². The zero-order valence-corrected chi connectivity index (χ0v) is 22.2. The molecule has 206 valence electrons. The number of rotatable bonds is 7. The predicted molar refractivity (Wildman–Crippen MR) is 143 cm³/mol. The minimum Gasteiger partial charge on any atom is -0.451 e. The number of ether oxygens (including phenoxy) is 2. The van der Waals surface area contributed by atoms with E-state index >= 15 is 0 Å². The topological polar surface area (TPSA) is 158 Å². The number of aromatic nitrogens is 1. The van der Waals surface area contributed by atoms with Crippen LogP contribution in [-0.2, 0) is 28.9 Å². The van der Waals surface area contributed by atoms with Gasteiger partial charge in [0.15, 0.2) is 27.4 Å². The van der Waals surface area contributed by atoms with Crippen LogP contribution in [0.3, 0.4) is 0 Å². The molecule has 0 radical (unpaired) electrons. The highest BCUT2D eigenvalue weighted by atomic mass is 32.2. The molecule has 0 saturated carbocycles. The van der Waals surface area contributed by atoms with Crippen LogP contribution in [0.2, 0.25) is 0 Å². The van der Waals surface area contributed by atoms with Crippen molar-refractivity contribution in [3.8, 4) is 0 Å². The largest absolute Gasteiger partial charge is 0.451 e. The summed E-state index contributed by atoms with van der Waals surface area (Å²) in [4.78, 5) is 44.2. The van der Waals surface area contributed by atoms with Crippen molar-refractivity contribution in [2.75, 3.05) is 6.61 Å². The number of nitrogens with one attached hydrogen (secondary N) is 1. The molecule has 2 aliphatic heterocycles. The summed E-state index contributed by atoms with van der Waals surface area (Å²) < 4.78 is 36.9. The Morgan fingerprint density at radius 3 is 2.20 bits per heavy atom. The van der Waals surface area contributed by atoms with Crippen LogP contribution < -0.4 is 11.3 Å². The molecule has 3 N–H and O–H groups in total. The number of benzene rings is 2. The van der Waals surface area contributed by atoms with E-state index < -0.39 is 56.7 Å². The van der Waals surface area contributed by atoms with Crippen LogP contribution in [0.25, 0.3) is 6.08 Å². The third-order valence-electron chi connectivity index (χ3n) is 7.06. The van der Waals surface area contributed by atoms with Crippen LogP contribution in [0.15, 0.2) is 90.6 Å². The van der Waals surface area contributed by atoms with E-state index in [-0.39, 0.29) is 5.57 Å². The molecule has 0 unspecified atom stereocenters. The molecule has 3 atom stereocenters. The van der Waals surface area contributed by atoms with E-state index in [0.29, 0.717) is 16.8 Å². The Hall–Kier alpha value is -4.55. The van der Waals surface area contributed by atoms with E-state index in [0.717, 1.165) is 4.90 Å². The first-order chi connectivity index (χ1) is 19.2. The van der Waals surface area contributed by atoms with Gasteiger partial charge in [-0.25, -0.2) is 23.8 Å². The third kappa shape index (κ3) is 4.50. The maximum absolute atomic E-state index is 14.0. The fourth-order valence-corrected chi connectivity index (χ4v) is 7.29. The summed E-state index contributed by atoms with van der Waals surface area (Å²) in [6.45, 7) is 0.499. The van der Waals surface area contributed by atoms with Gasteiger partial charge in [-0.1, -0.05) is 66.7 Å². The number of fused-ring (bicyclic) bond motifs is 1. The van der Waals surface area contributed by atoms with Crippen molar-refractivity contribution < 1.29 is 32.3 Å². The monoisotopic (exact) mass is 562 g/mol. The van der Waals surface area contributed by atoms with Gasteiger partial charge in [0.1, 0.15) is 11.4 Å². The number of β-lactam (4-membered cyclic amide) rings is 1. The van der Waals surface area contributed by atoms with Crippen molar-refractivity contribution in [2.45, 2.75) is 29.2 Å². The Morgan fingerprint density at radius 1 is 1.05 bits per heavy atom. The SMILES string of the molecule is C[C@]1(COC(=O)NN)[C@H](C(=O)OC(c2ccccc2)c2ccccc2)N2C(=O)C(=Cc3ccccn3)[C@H]2S1(=O)=O. The molecule has 2 aliphatic rings. The van der Waals surface area contributed by atoms with Gasteiger partial charge in [-0.05, 0) is 36.3 Å². The van der Waals surface area contributed by atoms with Crippen LogP contribution in [0.1, 0.15) is 29.8 Å². The number of amides is 2. The lowest BCUT2D eigenvalue weighted by Crippen LogP contribution is -2.60. The Morgan fingerprint density at radius 2 is 1.65 bits per heavy atom. The number of carbonyl (C=O) groups excluding carboxylic acids is 3. The minimum atomic E-state index is -4.33. The van der Waals surface area contributed by atoms with Gasteiger partial charge in [-0.3, -0.25) is 15.2 Å². The number of pyridine rings is 1. The lowest BCUT2D eigenvalue weighted by atomic mass is 9.94. The fraction of sp³-hybridized carbons (Fsp3) is 0.214. The number of nitrogens with two attached hydrogens (primary N) is 1. The molecular formula is C28H26N4O7S. The summed E-state index contributed by atoms with van der Waals surface area (Å²) >= 11 is 0. The average molecular weight is 563 g/mol. The van der Waals surface area contributed by atoms with E-state index in [1.165, 1.54) is 19.2 Å². The highest BCUT2D eigenvalue weighted by Gasteiger charge is 2.73. The Bertz CT molecular complexity index is 1530. The third-order valence-corrected chi connectivity index (χ3v) is 9.77. The molecule has 5 rings (SSSR count). The quantitative estimate of drug-likeness (QED) is 0.110. The van der Waals surface area contributed by atoms with E-state index in [1.807, 2.05) is 12.1 Å². The zero-order chi connectivity index (χ0) is 28.5. The second-order valence-corrected chi connectivity index (χ2v) is 12.0. The summed E-state index contributed by atoms with van der Waals surface area (Å²) in [5.41, 5.74) is 3.38. The van der Waals surface area contributed by atoms with Gasteiger partial charge in [-0.15, -0.1) is 0 Å². The molecule has 2 fully saturated rings. The van der Waals surface area contributed by atoms with Crippen molar-refractivity contribution in [1.29, 1.82) is 0 Å². The molecule has 40 heavy (non-hydrogen) atoms. The maximum Gasteiger partial charge on any atom is 0.421 e. The summed E-state index contributed by atoms with van der Waals surface area (Å²) in [7, 11) is -4.33. The van der Waals surface area contributed by atoms with Crippen LogP contribution >= 0.6 is 0 Å². The molecule has 3 heterocycles. The average Bonchev–Trinajstić information content (AvgIpc) is 3.14. The Balaban J connectivity index is 1.56. The summed E-state index contributed by atoms with van der Waals surface area (Å²) in [6, 6.07) is 21.2. The Kier molecular flexibility index (Phi) is 7.13. The smallest absolute Gasteiger partial charge is 0.421 e. The lowest BCUT2D eigenvalue weighted by Gasteiger charge is -2.39. The standard InChI is InChI=1S/C28H26N4O7S/c1-28(17-38-27(35)31-29)23(26(34)39-22(18-10-4-2-5-11-18)19-12-6-3-7-13-19)32-24(33)21(25(32)40(28,36)37)16-20-14-8-9-15-30-20/h2-16,22-23,25H,17,29H2,1H3,(H,31,35)/t23-,25+,28-/m0/s1. The molecule has 0 aliphatic carbocycles. The molecule has 12 heteroatoms. The van der Waals surface area contributed by atoms with Crippen LogP contribution in [0.4, 0.5) is 4.79 Å². The van der Waals surface area contributed by atoms with Gasteiger partial charge < -0.3 is 14.4 Å². The number of sulfone groups is 1. The lowest BCUT2D eigenvalue weighted by molar-refractivity contribution is -0.161. The molecule has 2 aromatic carbocycles. The normalized spacial score (nSPS) is 23.8. The maximum atomic E-state index is 14.0. The number of carbonyl (C=O) groups is 3. The van der Waals surface area contributed by atoms with Crippen molar-refractivity contribution >= 4 is 33.9 Å². The van der Waals surface area contributed by atoms with Crippen LogP contribution in [0.5, 0.6) is 0 Å². The number of hydrogen-bond acceptors (Lipinski definition) is 9. The number of hydrazine groups is 1. The molecule has 0 bridgehead atoms. The van der Waals surface area contributed by atoms with E-state index in [1.54, 1.807) is 72.2 Å². The fourth-order valence-electron chi connectivity index (χ4n) is 5.01. The molecule has 2 amide bonds. The van der Waals surface area contributed by atoms with Gasteiger partial charge in [0.25, 0.3) is 5.91 Å². The number of esters is 1. The van der Waals surface area contributed by atoms with Gasteiger partial charge in [-0.2, -0.15) is 0 Å². The molecule has 1 aromatic heterocycles. The Labute approximate surface area is 230 Å². The van der Waals surface area contributed by atoms with E-state index in [9.17, 15) is 22.8 Å². The summed E-state index contributed by atoms with van der Waals surface area (Å²) in [6.07, 6.45) is 0.890. The van der Waals surface area contributed by atoms with Crippen molar-refractivity contribution in [3.05, 3.63) is 107 Å². The highest BCUT2D eigenvalue weighted by Crippen LogP contribution is 2.50. The molecule has 11 nitrogen and oxygen atoms in total. The van der Waals surface area contributed by atoms with Gasteiger partial charge in [0, 0.05) is 6.20 Å². The highest BCUT2D eigenvalue weighted by molar-refractivity contribution is 7.94. The van der Waals surface area contributed by atoms with Crippen LogP contribution in [0, 0.1) is 0 Å². The number of nitrogens with zero attached hydrogens (tertiary/aromatic N) is 2. The van der Waals surface area contributed by atoms with E-state index in [2.05, 4.69) is 4.98 Å². The minimum absolute atomic E-state index is 0.0498. The molecule has 0 spiro atoms. The second-order valence-electron chi connectivity index (χ2n) is 9.54. The zero-order valence-electron chi connectivity index (χ0n) is 21.3. The van der Waals surface area contributed by atoms with E-state index in [4.69, 9.17) is 15.3 Å². The molecule has 3 aromatic rings. The predicted octanol–water partition coefficient (Wildman–Crippen LogP) is 2.12. The first-order valence-corrected chi connectivity index (χ1v) is 13.9. The first-order valence-electron chi connectivity index (χ1n) is 12.3. The van der Waals surface area contributed by atoms with Crippen molar-refractivity contribution in [3.63, 3.8) is 0 Å². The molecule has 2 saturated heterocycles. The van der Waals surface area contributed by atoms with Gasteiger partial charge >= 0.3 is 12.1 Å². The first kappa shape index (κ1) is 27.0. The van der Waals surface area contributed by atoms with Crippen molar-refractivity contribution in [1.82, 2.24) is 15.3 Å². The number of hydrogen-bond donors (Lipinski definition) is 2. The van der Waals surface area contributed by atoms with Crippen LogP contribution in [-0.4, -0.2) is 59.0 Å². The molecular weight excluding hydrogens is 536 g/mol.